The number of para-hydroxylation sites is 1. The Labute approximate surface area is 187 Å². The molecule has 30 heavy (non-hydrogen) atoms. The molecule has 0 unspecified atom stereocenters. The summed E-state index contributed by atoms with van der Waals surface area (Å²) in [6.07, 6.45) is 0. The Morgan fingerprint density at radius 2 is 2.00 bits per heavy atom. The van der Waals surface area contributed by atoms with Crippen LogP contribution in [0.25, 0.3) is 0 Å². The van der Waals surface area contributed by atoms with Gasteiger partial charge in [-0.25, -0.2) is 4.99 Å². The summed E-state index contributed by atoms with van der Waals surface area (Å²) >= 11 is 4.81. The predicted octanol–water partition coefficient (Wildman–Crippen LogP) is 4.78. The fraction of sp³-hybridized carbons (Fsp3) is 0.136. The smallest absolute Gasteiger partial charge is 0.255 e. The molecule has 6 nitrogen and oxygen atoms in total. The summed E-state index contributed by atoms with van der Waals surface area (Å²) in [6.45, 7) is 3.81. The van der Waals surface area contributed by atoms with Gasteiger partial charge in [-0.3, -0.25) is 9.69 Å². The molecule has 2 aliphatic heterocycles. The third-order valence-corrected chi connectivity index (χ3v) is 6.80. The van der Waals surface area contributed by atoms with Crippen LogP contribution in [0, 0.1) is 18.3 Å². The van der Waals surface area contributed by atoms with Gasteiger partial charge in [0.25, 0.3) is 5.91 Å². The highest BCUT2D eigenvalue weighted by atomic mass is 79.9. The zero-order valence-corrected chi connectivity index (χ0v) is 18.7. The number of hydrogen-bond donors (Lipinski definition) is 2. The number of halogens is 1. The maximum Gasteiger partial charge on any atom is 0.255 e. The molecule has 0 fully saturated rings. The number of hydrogen-bond acceptors (Lipinski definition) is 6. The lowest BCUT2D eigenvalue weighted by Crippen LogP contribution is -2.39. The van der Waals surface area contributed by atoms with E-state index < -0.39 is 6.04 Å². The molecule has 1 atom stereocenters. The summed E-state index contributed by atoms with van der Waals surface area (Å²) in [5, 5.41) is 13.0. The van der Waals surface area contributed by atoms with Crippen molar-refractivity contribution in [1.82, 2.24) is 4.90 Å². The van der Waals surface area contributed by atoms with Crippen molar-refractivity contribution in [2.75, 3.05) is 5.32 Å². The standard InChI is InChI=1S/C22H18BrN5OS/c1-12-8-9-14(10-16(12)23)19-18(21(29)27-15-6-4-3-5-7-15)13(2)26-22-28(19)20(25)17(11-24)30-22/h3-10,19H,25H2,1-2H3,(H,27,29)/t19-/m1/s1. The van der Waals surface area contributed by atoms with Crippen LogP contribution in [0.4, 0.5) is 5.69 Å². The minimum atomic E-state index is -0.503. The van der Waals surface area contributed by atoms with Crippen LogP contribution < -0.4 is 11.1 Å². The lowest BCUT2D eigenvalue weighted by atomic mass is 9.93. The van der Waals surface area contributed by atoms with Crippen molar-refractivity contribution >= 4 is 44.5 Å². The van der Waals surface area contributed by atoms with Crippen LogP contribution in [0.15, 0.2) is 80.0 Å². The number of amides is 1. The minimum Gasteiger partial charge on any atom is -0.383 e. The number of anilines is 1. The molecule has 2 aromatic carbocycles. The maximum atomic E-state index is 13.4. The Morgan fingerprint density at radius 1 is 1.27 bits per heavy atom. The zero-order chi connectivity index (χ0) is 21.4. The van der Waals surface area contributed by atoms with Crippen LogP contribution in [-0.4, -0.2) is 16.0 Å². The maximum absolute atomic E-state index is 13.4. The van der Waals surface area contributed by atoms with Gasteiger partial charge in [0.1, 0.15) is 16.8 Å². The van der Waals surface area contributed by atoms with Crippen molar-refractivity contribution in [2.24, 2.45) is 10.7 Å². The number of nitrogens with two attached hydrogens (primary N) is 1. The van der Waals surface area contributed by atoms with E-state index >= 15 is 0 Å². The van der Waals surface area contributed by atoms with E-state index in [1.807, 2.05) is 62.4 Å². The van der Waals surface area contributed by atoms with Crippen molar-refractivity contribution < 1.29 is 4.79 Å². The lowest BCUT2D eigenvalue weighted by molar-refractivity contribution is -0.113. The van der Waals surface area contributed by atoms with E-state index in [9.17, 15) is 10.1 Å². The Bertz CT molecular complexity index is 1180. The number of carbonyl (C=O) groups is 1. The predicted molar refractivity (Wildman–Crippen MR) is 123 cm³/mol. The average molecular weight is 480 g/mol. The molecule has 150 valence electrons. The van der Waals surface area contributed by atoms with Gasteiger partial charge in [0, 0.05) is 10.2 Å². The molecule has 2 heterocycles. The average Bonchev–Trinajstić information content (AvgIpc) is 3.05. The molecule has 0 aliphatic carbocycles. The number of aryl methyl sites for hydroxylation is 1. The molecule has 4 rings (SSSR count). The van der Waals surface area contributed by atoms with Gasteiger partial charge in [-0.15, -0.1) is 0 Å². The summed E-state index contributed by atoms with van der Waals surface area (Å²) in [7, 11) is 0. The number of carbonyl (C=O) groups excluding carboxylic acids is 1. The summed E-state index contributed by atoms with van der Waals surface area (Å²) in [6, 6.07) is 16.8. The number of allylic oxidation sites excluding steroid dienone is 2. The van der Waals surface area contributed by atoms with E-state index in [4.69, 9.17) is 5.73 Å². The van der Waals surface area contributed by atoms with E-state index in [1.165, 1.54) is 11.8 Å². The second-order valence-electron chi connectivity index (χ2n) is 6.92. The fourth-order valence-corrected chi connectivity index (χ4v) is 4.76. The van der Waals surface area contributed by atoms with Crippen LogP contribution in [0.2, 0.25) is 0 Å². The highest BCUT2D eigenvalue weighted by Crippen LogP contribution is 2.45. The van der Waals surface area contributed by atoms with Crippen LogP contribution in [0.5, 0.6) is 0 Å². The van der Waals surface area contributed by atoms with Gasteiger partial charge in [-0.05, 0) is 54.9 Å². The van der Waals surface area contributed by atoms with E-state index in [0.29, 0.717) is 32.9 Å². The van der Waals surface area contributed by atoms with E-state index in [2.05, 4.69) is 32.3 Å². The van der Waals surface area contributed by atoms with Crippen LogP contribution in [0.3, 0.4) is 0 Å². The van der Waals surface area contributed by atoms with Crippen molar-refractivity contribution in [1.29, 1.82) is 5.26 Å². The normalized spacial score (nSPS) is 18.1. The number of rotatable bonds is 3. The van der Waals surface area contributed by atoms with Gasteiger partial charge in [-0.2, -0.15) is 5.26 Å². The number of benzene rings is 2. The van der Waals surface area contributed by atoms with Gasteiger partial charge >= 0.3 is 0 Å². The molecule has 0 bridgehead atoms. The Balaban J connectivity index is 1.84. The first-order valence-electron chi connectivity index (χ1n) is 9.19. The van der Waals surface area contributed by atoms with Gasteiger partial charge < -0.3 is 11.1 Å². The van der Waals surface area contributed by atoms with Crippen molar-refractivity contribution in [3.63, 3.8) is 0 Å². The second kappa shape index (κ2) is 8.01. The van der Waals surface area contributed by atoms with Crippen LogP contribution >= 0.6 is 27.7 Å². The highest BCUT2D eigenvalue weighted by molar-refractivity contribution is 9.10. The number of nitrogens with one attached hydrogen (secondary N) is 1. The molecular formula is C22H18BrN5OS. The molecule has 2 aliphatic rings. The van der Waals surface area contributed by atoms with Gasteiger partial charge in [0.15, 0.2) is 5.17 Å². The first-order valence-corrected chi connectivity index (χ1v) is 10.8. The van der Waals surface area contributed by atoms with Crippen molar-refractivity contribution in [2.45, 2.75) is 19.9 Å². The molecule has 8 heteroatoms. The van der Waals surface area contributed by atoms with E-state index in [0.717, 1.165) is 15.6 Å². The number of nitriles is 1. The van der Waals surface area contributed by atoms with Gasteiger partial charge in [0.05, 0.1) is 17.3 Å². The summed E-state index contributed by atoms with van der Waals surface area (Å²) in [4.78, 5) is 20.1. The third-order valence-electron chi connectivity index (χ3n) is 4.97. The number of amidine groups is 1. The quantitative estimate of drug-likeness (QED) is 0.660. The molecule has 2 aromatic rings. The van der Waals surface area contributed by atoms with E-state index in [-0.39, 0.29) is 5.91 Å². The molecule has 0 saturated heterocycles. The Kier molecular flexibility index (Phi) is 5.41. The first kappa shape index (κ1) is 20.3. The highest BCUT2D eigenvalue weighted by Gasteiger charge is 2.42. The topological polar surface area (TPSA) is 94.5 Å². The minimum absolute atomic E-state index is 0.258. The second-order valence-corrected chi connectivity index (χ2v) is 8.75. The molecule has 0 saturated carbocycles. The number of thioether (sulfide) groups is 1. The van der Waals surface area contributed by atoms with Gasteiger partial charge in [-0.1, -0.05) is 46.3 Å². The fourth-order valence-electron chi connectivity index (χ4n) is 3.45. The molecule has 0 spiro atoms. The zero-order valence-electron chi connectivity index (χ0n) is 16.3. The Hall–Kier alpha value is -3.02. The van der Waals surface area contributed by atoms with Crippen LogP contribution in [0.1, 0.15) is 24.1 Å². The summed E-state index contributed by atoms with van der Waals surface area (Å²) in [5.74, 6) is 0.0480. The molecule has 3 N–H and O–H groups in total. The third kappa shape index (κ3) is 3.51. The van der Waals surface area contributed by atoms with Crippen molar-refractivity contribution in [3.05, 3.63) is 86.1 Å². The lowest BCUT2D eigenvalue weighted by Gasteiger charge is -2.35. The summed E-state index contributed by atoms with van der Waals surface area (Å²) < 4.78 is 0.930. The van der Waals surface area contributed by atoms with Crippen LogP contribution in [-0.2, 0) is 4.79 Å². The van der Waals surface area contributed by atoms with Gasteiger partial charge in [0.2, 0.25) is 0 Å². The summed E-state index contributed by atoms with van der Waals surface area (Å²) in [5.41, 5.74) is 10.0. The monoisotopic (exact) mass is 479 g/mol. The largest absolute Gasteiger partial charge is 0.383 e. The number of nitrogens with zero attached hydrogens (tertiary/aromatic N) is 3. The molecule has 0 radical (unpaired) electrons. The molecular weight excluding hydrogens is 462 g/mol. The molecule has 0 aromatic heterocycles. The van der Waals surface area contributed by atoms with E-state index in [1.54, 1.807) is 4.90 Å². The number of aliphatic imine (C=N–C) groups is 1. The SMILES string of the molecule is CC1=C(C(=O)Nc2ccccc2)[C@@H](c2ccc(C)c(Br)c2)N2C(=N1)SC(C#N)=C2N. The van der Waals surface area contributed by atoms with Crippen molar-refractivity contribution in [3.8, 4) is 6.07 Å². The Morgan fingerprint density at radius 3 is 2.67 bits per heavy atom. The number of fused-ring (bicyclic) bond motifs is 1. The molecule has 1 amide bonds. The first-order chi connectivity index (χ1) is 14.4.